The van der Waals surface area contributed by atoms with Crippen molar-refractivity contribution in [2.75, 3.05) is 18.0 Å². The number of aromatic nitrogens is 1. The molecule has 0 aliphatic carbocycles. The molecule has 126 valence electrons. The van der Waals surface area contributed by atoms with E-state index in [1.54, 1.807) is 6.20 Å². The topological polar surface area (TPSA) is 45.2 Å². The monoisotopic (exact) mass is 349 g/mol. The second kappa shape index (κ2) is 7.07. The van der Waals surface area contributed by atoms with E-state index in [0.29, 0.717) is 6.54 Å². The summed E-state index contributed by atoms with van der Waals surface area (Å²) in [4.78, 5) is 19.8. The third-order valence-corrected chi connectivity index (χ3v) is 5.44. The maximum atomic E-state index is 12.4. The molecule has 1 N–H and O–H groups in total. The van der Waals surface area contributed by atoms with Crippen LogP contribution in [-0.2, 0) is 6.42 Å². The van der Waals surface area contributed by atoms with Gasteiger partial charge in [-0.1, -0.05) is 30.3 Å². The molecule has 4 nitrogen and oxygen atoms in total. The second-order valence-electron chi connectivity index (χ2n) is 6.06. The number of pyridine rings is 1. The number of nitrogens with zero attached hydrogens (tertiary/aromatic N) is 2. The largest absolute Gasteiger partial charge is 0.362 e. The van der Waals surface area contributed by atoms with E-state index in [4.69, 9.17) is 0 Å². The zero-order chi connectivity index (χ0) is 17.1. The number of thiophene rings is 1. The normalized spacial score (nSPS) is 14.2. The van der Waals surface area contributed by atoms with Crippen molar-refractivity contribution in [2.45, 2.75) is 12.5 Å². The number of hydrogen-bond acceptors (Lipinski definition) is 4. The van der Waals surface area contributed by atoms with Gasteiger partial charge >= 0.3 is 0 Å². The van der Waals surface area contributed by atoms with Crippen LogP contribution in [0.5, 0.6) is 0 Å². The van der Waals surface area contributed by atoms with Crippen molar-refractivity contribution in [3.63, 3.8) is 0 Å². The molecule has 0 saturated carbocycles. The van der Waals surface area contributed by atoms with Gasteiger partial charge in [-0.25, -0.2) is 0 Å². The lowest BCUT2D eigenvalue weighted by Crippen LogP contribution is -2.37. The fourth-order valence-electron chi connectivity index (χ4n) is 3.35. The highest BCUT2D eigenvalue weighted by Crippen LogP contribution is 2.34. The molecule has 1 aliphatic heterocycles. The summed E-state index contributed by atoms with van der Waals surface area (Å²) in [6.45, 7) is 1.50. The highest BCUT2D eigenvalue weighted by atomic mass is 32.1. The minimum absolute atomic E-state index is 0.0172. The lowest BCUT2D eigenvalue weighted by Gasteiger charge is -2.30. The van der Waals surface area contributed by atoms with E-state index in [0.717, 1.165) is 23.4 Å². The molecule has 5 heteroatoms. The van der Waals surface area contributed by atoms with Crippen LogP contribution in [0, 0.1) is 0 Å². The Morgan fingerprint density at radius 3 is 2.92 bits per heavy atom. The molecule has 2 aromatic heterocycles. The number of carbonyl (C=O) groups excluding carboxylic acids is 1. The van der Waals surface area contributed by atoms with Crippen LogP contribution in [0.25, 0.3) is 0 Å². The van der Waals surface area contributed by atoms with Crippen LogP contribution in [0.1, 0.15) is 26.8 Å². The van der Waals surface area contributed by atoms with Crippen molar-refractivity contribution in [1.29, 1.82) is 0 Å². The number of anilines is 1. The first-order valence-corrected chi connectivity index (χ1v) is 9.27. The molecular formula is C20H19N3OS. The maximum Gasteiger partial charge on any atom is 0.261 e. The number of carbonyl (C=O) groups is 1. The van der Waals surface area contributed by atoms with E-state index in [2.05, 4.69) is 45.5 Å². The summed E-state index contributed by atoms with van der Waals surface area (Å²) >= 11 is 1.46. The van der Waals surface area contributed by atoms with Crippen molar-refractivity contribution in [3.05, 3.63) is 82.3 Å². The molecule has 0 saturated heterocycles. The van der Waals surface area contributed by atoms with Gasteiger partial charge in [0.15, 0.2) is 0 Å². The average Bonchev–Trinajstić information content (AvgIpc) is 3.33. The van der Waals surface area contributed by atoms with Gasteiger partial charge in [-0.05, 0) is 41.1 Å². The highest BCUT2D eigenvalue weighted by molar-refractivity contribution is 7.12. The molecule has 1 amide bonds. The van der Waals surface area contributed by atoms with Gasteiger partial charge in [-0.3, -0.25) is 9.78 Å². The van der Waals surface area contributed by atoms with Crippen molar-refractivity contribution in [2.24, 2.45) is 0 Å². The first-order valence-electron chi connectivity index (χ1n) is 8.39. The third-order valence-electron chi connectivity index (χ3n) is 4.57. The Kier molecular flexibility index (Phi) is 4.48. The molecule has 4 rings (SSSR count). The van der Waals surface area contributed by atoms with Gasteiger partial charge in [0.25, 0.3) is 5.91 Å². The number of fused-ring (bicyclic) bond motifs is 1. The Hall–Kier alpha value is -2.66. The first kappa shape index (κ1) is 15.8. The molecular weight excluding hydrogens is 330 g/mol. The fraction of sp³-hybridized carbons (Fsp3) is 0.200. The average molecular weight is 349 g/mol. The number of nitrogens with one attached hydrogen (secondary N) is 1. The molecule has 3 aromatic rings. The van der Waals surface area contributed by atoms with E-state index in [1.807, 2.05) is 29.8 Å². The van der Waals surface area contributed by atoms with Crippen LogP contribution < -0.4 is 10.2 Å². The molecule has 1 aromatic carbocycles. The molecule has 0 radical (unpaired) electrons. The number of amides is 1. The molecule has 1 aliphatic rings. The van der Waals surface area contributed by atoms with Crippen LogP contribution in [-0.4, -0.2) is 24.0 Å². The van der Waals surface area contributed by atoms with Crippen LogP contribution in [0.2, 0.25) is 0 Å². The van der Waals surface area contributed by atoms with Crippen molar-refractivity contribution in [3.8, 4) is 0 Å². The quantitative estimate of drug-likeness (QED) is 0.764. The Bertz CT molecular complexity index is 848. The van der Waals surface area contributed by atoms with Gasteiger partial charge in [-0.2, -0.15) is 0 Å². The molecule has 0 spiro atoms. The van der Waals surface area contributed by atoms with Crippen LogP contribution >= 0.6 is 11.3 Å². The summed E-state index contributed by atoms with van der Waals surface area (Å²) in [6.07, 6.45) is 4.71. The summed E-state index contributed by atoms with van der Waals surface area (Å²) in [5.41, 5.74) is 3.73. The third kappa shape index (κ3) is 3.28. The summed E-state index contributed by atoms with van der Waals surface area (Å²) in [5, 5.41) is 5.01. The Balaban J connectivity index is 1.59. The molecule has 0 unspecified atom stereocenters. The Labute approximate surface area is 151 Å². The standard InChI is InChI=1S/C20H19N3OS/c24-20(19-8-4-12-25-19)22-14-18(16-6-3-10-21-13-16)23-11-9-15-5-1-2-7-17(15)23/h1-8,10,12-13,18H,9,11,14H2,(H,22,24)/t18-/m1/s1. The number of para-hydroxylation sites is 1. The lowest BCUT2D eigenvalue weighted by atomic mass is 10.1. The van der Waals surface area contributed by atoms with E-state index < -0.39 is 0 Å². The van der Waals surface area contributed by atoms with E-state index in [-0.39, 0.29) is 11.9 Å². The van der Waals surface area contributed by atoms with Gasteiger partial charge in [0.2, 0.25) is 0 Å². The Morgan fingerprint density at radius 1 is 1.20 bits per heavy atom. The van der Waals surface area contributed by atoms with Gasteiger partial charge in [0, 0.05) is 31.2 Å². The van der Waals surface area contributed by atoms with Gasteiger partial charge in [0.1, 0.15) is 0 Å². The molecule has 1 atom stereocenters. The minimum atomic E-state index is -0.0172. The molecule has 3 heterocycles. The minimum Gasteiger partial charge on any atom is -0.362 e. The molecule has 0 bridgehead atoms. The highest BCUT2D eigenvalue weighted by Gasteiger charge is 2.27. The fourth-order valence-corrected chi connectivity index (χ4v) is 3.99. The number of hydrogen-bond donors (Lipinski definition) is 1. The van der Waals surface area contributed by atoms with Crippen molar-refractivity contribution in [1.82, 2.24) is 10.3 Å². The van der Waals surface area contributed by atoms with Crippen LogP contribution in [0.3, 0.4) is 0 Å². The predicted molar refractivity (Wildman–Crippen MR) is 101 cm³/mol. The van der Waals surface area contributed by atoms with Gasteiger partial charge < -0.3 is 10.2 Å². The smallest absolute Gasteiger partial charge is 0.261 e. The first-order chi connectivity index (χ1) is 12.3. The number of benzene rings is 1. The predicted octanol–water partition coefficient (Wildman–Crippen LogP) is 3.68. The lowest BCUT2D eigenvalue weighted by molar-refractivity contribution is 0.0955. The van der Waals surface area contributed by atoms with Gasteiger partial charge in [0.05, 0.1) is 10.9 Å². The summed E-state index contributed by atoms with van der Waals surface area (Å²) in [6, 6.07) is 16.3. The van der Waals surface area contributed by atoms with Crippen molar-refractivity contribution < 1.29 is 4.79 Å². The van der Waals surface area contributed by atoms with E-state index in [9.17, 15) is 4.79 Å². The zero-order valence-electron chi connectivity index (χ0n) is 13.8. The van der Waals surface area contributed by atoms with E-state index in [1.165, 1.54) is 22.6 Å². The SMILES string of the molecule is O=C(NC[C@H](c1cccnc1)N1CCc2ccccc21)c1cccs1. The Morgan fingerprint density at radius 2 is 2.12 bits per heavy atom. The number of rotatable bonds is 5. The van der Waals surface area contributed by atoms with Gasteiger partial charge in [-0.15, -0.1) is 11.3 Å². The van der Waals surface area contributed by atoms with Crippen LogP contribution in [0.4, 0.5) is 5.69 Å². The second-order valence-corrected chi connectivity index (χ2v) is 7.01. The van der Waals surface area contributed by atoms with E-state index >= 15 is 0 Å². The molecule has 0 fully saturated rings. The zero-order valence-corrected chi connectivity index (χ0v) is 14.6. The summed E-state index contributed by atoms with van der Waals surface area (Å²) < 4.78 is 0. The summed E-state index contributed by atoms with van der Waals surface area (Å²) in [5.74, 6) is -0.0172. The van der Waals surface area contributed by atoms with Crippen LogP contribution in [0.15, 0.2) is 66.3 Å². The van der Waals surface area contributed by atoms with Crippen molar-refractivity contribution >= 4 is 22.9 Å². The molecule has 25 heavy (non-hydrogen) atoms. The maximum absolute atomic E-state index is 12.4. The summed E-state index contributed by atoms with van der Waals surface area (Å²) in [7, 11) is 0.